The molecule has 3 nitrogen and oxygen atoms in total. The van der Waals surface area contributed by atoms with E-state index in [0.717, 1.165) is 30.5 Å². The highest BCUT2D eigenvalue weighted by atomic mass is 35.5. The number of amides is 1. The fourth-order valence-corrected chi connectivity index (χ4v) is 3.98. The van der Waals surface area contributed by atoms with E-state index in [1.54, 1.807) is 0 Å². The van der Waals surface area contributed by atoms with Gasteiger partial charge in [-0.05, 0) is 59.5 Å². The number of likely N-dealkylation sites (tertiary alicyclic amines) is 1. The second-order valence-corrected chi connectivity index (χ2v) is 7.73. The van der Waals surface area contributed by atoms with Gasteiger partial charge in [-0.25, -0.2) is 0 Å². The van der Waals surface area contributed by atoms with Crippen molar-refractivity contribution in [2.24, 2.45) is 0 Å². The first kappa shape index (κ1) is 19.5. The summed E-state index contributed by atoms with van der Waals surface area (Å²) in [6, 6.07) is 18.5. The summed E-state index contributed by atoms with van der Waals surface area (Å²) in [6.45, 7) is 2.10. The maximum Gasteiger partial charge on any atom is 0.237 e. The van der Waals surface area contributed by atoms with Crippen molar-refractivity contribution < 1.29 is 4.79 Å². The van der Waals surface area contributed by atoms with Crippen molar-refractivity contribution in [1.29, 1.82) is 0 Å². The van der Waals surface area contributed by atoms with Gasteiger partial charge in [0, 0.05) is 13.1 Å². The molecule has 0 spiro atoms. The van der Waals surface area contributed by atoms with Crippen LogP contribution in [0.15, 0.2) is 88.8 Å². The van der Waals surface area contributed by atoms with Gasteiger partial charge in [0.25, 0.3) is 0 Å². The van der Waals surface area contributed by atoms with E-state index < -0.39 is 0 Å². The third-order valence-corrected chi connectivity index (χ3v) is 5.74. The van der Waals surface area contributed by atoms with Crippen molar-refractivity contribution in [3.63, 3.8) is 0 Å². The number of halogens is 1. The third kappa shape index (κ3) is 4.79. The van der Waals surface area contributed by atoms with E-state index in [4.69, 9.17) is 11.6 Å². The summed E-state index contributed by atoms with van der Waals surface area (Å²) >= 11 is 6.21. The Labute approximate surface area is 176 Å². The minimum absolute atomic E-state index is 0.0808. The van der Waals surface area contributed by atoms with Gasteiger partial charge in [0.1, 0.15) is 0 Å². The first-order valence-corrected chi connectivity index (χ1v) is 10.3. The van der Waals surface area contributed by atoms with Gasteiger partial charge in [-0.2, -0.15) is 0 Å². The molecule has 1 aliphatic carbocycles. The van der Waals surface area contributed by atoms with Crippen LogP contribution in [0.5, 0.6) is 0 Å². The fraction of sp³-hybridized carbons (Fsp3) is 0.240. The van der Waals surface area contributed by atoms with Crippen molar-refractivity contribution in [1.82, 2.24) is 10.2 Å². The second kappa shape index (κ2) is 9.13. The van der Waals surface area contributed by atoms with Crippen molar-refractivity contribution >= 4 is 17.5 Å². The molecule has 0 unspecified atom stereocenters. The number of carbonyl (C=O) groups excluding carboxylic acids is 1. The lowest BCUT2D eigenvalue weighted by Gasteiger charge is -2.24. The van der Waals surface area contributed by atoms with Gasteiger partial charge in [-0.1, -0.05) is 71.9 Å². The first-order chi connectivity index (χ1) is 14.2. The summed E-state index contributed by atoms with van der Waals surface area (Å²) < 4.78 is 0. The Morgan fingerprint density at radius 2 is 1.86 bits per heavy atom. The molecule has 146 valence electrons. The van der Waals surface area contributed by atoms with Crippen LogP contribution in [0.1, 0.15) is 18.4 Å². The van der Waals surface area contributed by atoms with Crippen molar-refractivity contribution in [3.05, 3.63) is 94.4 Å². The molecule has 1 saturated heterocycles. The molecule has 0 bridgehead atoms. The lowest BCUT2D eigenvalue weighted by Crippen LogP contribution is -2.43. The Morgan fingerprint density at radius 1 is 1.10 bits per heavy atom. The molecule has 0 radical (unpaired) electrons. The van der Waals surface area contributed by atoms with Gasteiger partial charge in [-0.3, -0.25) is 9.69 Å². The molecule has 1 amide bonds. The summed E-state index contributed by atoms with van der Waals surface area (Å²) in [5, 5.41) is 3.68. The summed E-state index contributed by atoms with van der Waals surface area (Å²) in [4.78, 5) is 15.0. The molecule has 4 heteroatoms. The Kier molecular flexibility index (Phi) is 6.14. The predicted octanol–water partition coefficient (Wildman–Crippen LogP) is 4.81. The molecule has 0 aromatic heterocycles. The number of rotatable bonds is 6. The van der Waals surface area contributed by atoms with E-state index in [2.05, 4.69) is 58.1 Å². The highest BCUT2D eigenvalue weighted by Gasteiger charge is 2.31. The lowest BCUT2D eigenvalue weighted by molar-refractivity contribution is -0.125. The SMILES string of the molecule is O=C(NCc1ccc(-c2ccccc2)cc1)[C@@H]1CCCN1CC1=CC=C=C=C1Cl. The van der Waals surface area contributed by atoms with Crippen LogP contribution in [0.4, 0.5) is 0 Å². The van der Waals surface area contributed by atoms with Crippen molar-refractivity contribution in [2.75, 3.05) is 13.1 Å². The van der Waals surface area contributed by atoms with Crippen molar-refractivity contribution in [2.45, 2.75) is 25.4 Å². The first-order valence-electron chi connectivity index (χ1n) is 9.93. The quantitative estimate of drug-likeness (QED) is 0.703. The van der Waals surface area contributed by atoms with Crippen LogP contribution < -0.4 is 5.32 Å². The second-order valence-electron chi connectivity index (χ2n) is 7.35. The van der Waals surface area contributed by atoms with E-state index >= 15 is 0 Å². The maximum absolute atomic E-state index is 12.8. The molecule has 2 aliphatic rings. The van der Waals surface area contributed by atoms with Crippen LogP contribution in [-0.4, -0.2) is 29.9 Å². The van der Waals surface area contributed by atoms with Gasteiger partial charge in [0.2, 0.25) is 5.91 Å². The molecule has 4 rings (SSSR count). The maximum atomic E-state index is 12.8. The number of benzene rings is 2. The number of hydrogen-bond donors (Lipinski definition) is 1. The average Bonchev–Trinajstić information content (AvgIpc) is 3.23. The molecule has 2 aromatic rings. The largest absolute Gasteiger partial charge is 0.351 e. The van der Waals surface area contributed by atoms with Crippen LogP contribution in [0.3, 0.4) is 0 Å². The van der Waals surface area contributed by atoms with Gasteiger partial charge >= 0.3 is 0 Å². The van der Waals surface area contributed by atoms with Crippen LogP contribution in [-0.2, 0) is 11.3 Å². The molecule has 1 heterocycles. The highest BCUT2D eigenvalue weighted by Crippen LogP contribution is 2.24. The zero-order valence-corrected chi connectivity index (χ0v) is 17.0. The summed E-state index contributed by atoms with van der Waals surface area (Å²) in [6.07, 6.45) is 5.65. The zero-order chi connectivity index (χ0) is 20.1. The number of hydrogen-bond acceptors (Lipinski definition) is 2. The van der Waals surface area contributed by atoms with E-state index in [1.165, 1.54) is 11.1 Å². The fourth-order valence-electron chi connectivity index (χ4n) is 3.81. The minimum atomic E-state index is -0.112. The van der Waals surface area contributed by atoms with Crippen LogP contribution in [0, 0.1) is 0 Å². The number of allylic oxidation sites excluding steroid dienone is 2. The number of nitrogens with one attached hydrogen (secondary N) is 1. The van der Waals surface area contributed by atoms with E-state index in [9.17, 15) is 4.79 Å². The standard InChI is InChI=1S/C25H23ClN2O/c26-23-10-5-4-9-22(23)18-28-16-6-11-24(28)25(29)27-17-19-12-14-21(15-13-19)20-7-2-1-3-8-20/h1-4,7-9,12-15,24H,6,11,16-18H2,(H,27,29)/t24-/m0/s1. The van der Waals surface area contributed by atoms with E-state index in [1.807, 2.05) is 30.4 Å². The molecule has 1 aliphatic heterocycles. The zero-order valence-electron chi connectivity index (χ0n) is 16.2. The molecule has 2 aromatic carbocycles. The third-order valence-electron chi connectivity index (χ3n) is 5.40. The normalized spacial score (nSPS) is 18.4. The molecule has 1 atom stereocenters. The number of carbonyl (C=O) groups is 1. The lowest BCUT2D eigenvalue weighted by atomic mass is 10.0. The molecule has 0 saturated carbocycles. The van der Waals surface area contributed by atoms with Crippen LogP contribution >= 0.6 is 11.6 Å². The van der Waals surface area contributed by atoms with Crippen LogP contribution in [0.2, 0.25) is 0 Å². The Bertz CT molecular complexity index is 1010. The monoisotopic (exact) mass is 402 g/mol. The van der Waals surface area contributed by atoms with E-state index in [0.29, 0.717) is 18.1 Å². The summed E-state index contributed by atoms with van der Waals surface area (Å²) in [5.41, 5.74) is 10.2. The van der Waals surface area contributed by atoms with Gasteiger partial charge < -0.3 is 5.32 Å². The Hall–Kier alpha value is -2.80. The summed E-state index contributed by atoms with van der Waals surface area (Å²) in [7, 11) is 0. The summed E-state index contributed by atoms with van der Waals surface area (Å²) in [5.74, 6) is 0.0808. The molecule has 1 fully saturated rings. The minimum Gasteiger partial charge on any atom is -0.351 e. The number of nitrogens with zero attached hydrogens (tertiary/aromatic N) is 1. The van der Waals surface area contributed by atoms with Gasteiger partial charge in [0.05, 0.1) is 11.1 Å². The Morgan fingerprint density at radius 3 is 2.62 bits per heavy atom. The average molecular weight is 403 g/mol. The molecule has 1 N–H and O–H groups in total. The predicted molar refractivity (Wildman–Crippen MR) is 117 cm³/mol. The highest BCUT2D eigenvalue weighted by molar-refractivity contribution is 6.32. The van der Waals surface area contributed by atoms with Gasteiger partial charge in [-0.15, -0.1) is 0 Å². The molecule has 29 heavy (non-hydrogen) atoms. The van der Waals surface area contributed by atoms with Crippen LogP contribution in [0.25, 0.3) is 11.1 Å². The topological polar surface area (TPSA) is 32.3 Å². The molecular formula is C25H23ClN2O. The van der Waals surface area contributed by atoms with Gasteiger partial charge in [0.15, 0.2) is 0 Å². The smallest absolute Gasteiger partial charge is 0.237 e. The molecular weight excluding hydrogens is 380 g/mol. The van der Waals surface area contributed by atoms with Crippen molar-refractivity contribution in [3.8, 4) is 11.1 Å². The van der Waals surface area contributed by atoms with E-state index in [-0.39, 0.29) is 11.9 Å². The Balaban J connectivity index is 1.34.